The monoisotopic (exact) mass is 216 g/mol. The number of fused-ring (bicyclic) bond motifs is 1. The minimum absolute atomic E-state index is 0.0207. The maximum atomic E-state index is 9.01. The van der Waals surface area contributed by atoms with E-state index < -0.39 is 0 Å². The smallest absolute Gasteiger partial charge is 0.129 e. The van der Waals surface area contributed by atoms with Gasteiger partial charge in [-0.05, 0) is 31.5 Å². The predicted molar refractivity (Wildman–Crippen MR) is 66.7 cm³/mol. The van der Waals surface area contributed by atoms with Gasteiger partial charge in [-0.15, -0.1) is 0 Å². The number of aromatic nitrogens is 1. The van der Waals surface area contributed by atoms with Crippen molar-refractivity contribution in [2.24, 2.45) is 0 Å². The second kappa shape index (κ2) is 4.49. The predicted octanol–water partition coefficient (Wildman–Crippen LogP) is 2.34. The van der Waals surface area contributed by atoms with Crippen LogP contribution in [0.2, 0.25) is 0 Å². The van der Waals surface area contributed by atoms with Crippen LogP contribution in [0.5, 0.6) is 0 Å². The molecule has 1 unspecified atom stereocenters. The summed E-state index contributed by atoms with van der Waals surface area (Å²) in [6.45, 7) is 4.05. The molecule has 0 aliphatic heterocycles. The molecule has 84 valence electrons. The van der Waals surface area contributed by atoms with E-state index in [-0.39, 0.29) is 12.6 Å². The molecule has 0 aliphatic carbocycles. The Morgan fingerprint density at radius 1 is 1.38 bits per heavy atom. The summed E-state index contributed by atoms with van der Waals surface area (Å²) in [6, 6.07) is 10.1. The van der Waals surface area contributed by atoms with Gasteiger partial charge in [-0.1, -0.05) is 18.2 Å². The number of anilines is 1. The standard InChI is InChI=1S/C13H16N2O/c1-9-7-11-5-3-4-6-12(11)15-13(9)14-10(2)8-16/h3-7,10,16H,8H2,1-2H3,(H,14,15). The molecule has 1 aromatic carbocycles. The van der Waals surface area contributed by atoms with Crippen LogP contribution in [-0.4, -0.2) is 22.7 Å². The van der Waals surface area contributed by atoms with Crippen LogP contribution in [0.25, 0.3) is 10.9 Å². The fraction of sp³-hybridized carbons (Fsp3) is 0.308. The minimum Gasteiger partial charge on any atom is -0.394 e. The molecular formula is C13H16N2O. The highest BCUT2D eigenvalue weighted by molar-refractivity contribution is 5.81. The van der Waals surface area contributed by atoms with Gasteiger partial charge in [0.1, 0.15) is 5.82 Å². The SMILES string of the molecule is Cc1cc2ccccc2nc1NC(C)CO. The summed E-state index contributed by atoms with van der Waals surface area (Å²) in [4.78, 5) is 4.54. The molecule has 3 nitrogen and oxygen atoms in total. The zero-order valence-corrected chi connectivity index (χ0v) is 9.57. The molecule has 2 aromatic rings. The van der Waals surface area contributed by atoms with Crippen molar-refractivity contribution in [3.63, 3.8) is 0 Å². The Labute approximate surface area is 95.1 Å². The molecule has 16 heavy (non-hydrogen) atoms. The first-order chi connectivity index (χ1) is 7.70. The quantitative estimate of drug-likeness (QED) is 0.827. The van der Waals surface area contributed by atoms with Crippen LogP contribution in [0.4, 0.5) is 5.82 Å². The van der Waals surface area contributed by atoms with Crippen LogP contribution < -0.4 is 5.32 Å². The van der Waals surface area contributed by atoms with E-state index in [9.17, 15) is 0 Å². The van der Waals surface area contributed by atoms with Gasteiger partial charge in [0.15, 0.2) is 0 Å². The number of nitrogens with one attached hydrogen (secondary N) is 1. The summed E-state index contributed by atoms with van der Waals surface area (Å²) in [6.07, 6.45) is 0. The lowest BCUT2D eigenvalue weighted by molar-refractivity contribution is 0.281. The summed E-state index contributed by atoms with van der Waals surface area (Å²) in [7, 11) is 0. The number of pyridine rings is 1. The van der Waals surface area contributed by atoms with Crippen molar-refractivity contribution >= 4 is 16.7 Å². The van der Waals surface area contributed by atoms with Crippen LogP contribution in [-0.2, 0) is 0 Å². The van der Waals surface area contributed by atoms with Crippen molar-refractivity contribution in [2.75, 3.05) is 11.9 Å². The number of aliphatic hydroxyl groups is 1. The van der Waals surface area contributed by atoms with Gasteiger partial charge in [0.2, 0.25) is 0 Å². The lowest BCUT2D eigenvalue weighted by Crippen LogP contribution is -2.20. The highest BCUT2D eigenvalue weighted by Gasteiger charge is 2.05. The van der Waals surface area contributed by atoms with Crippen LogP contribution in [0.1, 0.15) is 12.5 Å². The van der Waals surface area contributed by atoms with Gasteiger partial charge >= 0.3 is 0 Å². The summed E-state index contributed by atoms with van der Waals surface area (Å²) in [5.74, 6) is 0.847. The molecule has 1 aromatic heterocycles. The van der Waals surface area contributed by atoms with Gasteiger partial charge in [-0.25, -0.2) is 4.98 Å². The van der Waals surface area contributed by atoms with Crippen LogP contribution in [0, 0.1) is 6.92 Å². The lowest BCUT2D eigenvalue weighted by atomic mass is 10.1. The van der Waals surface area contributed by atoms with Gasteiger partial charge in [-0.2, -0.15) is 0 Å². The normalized spacial score (nSPS) is 12.7. The maximum absolute atomic E-state index is 9.01. The molecule has 0 amide bonds. The average molecular weight is 216 g/mol. The van der Waals surface area contributed by atoms with E-state index in [1.807, 2.05) is 32.0 Å². The van der Waals surface area contributed by atoms with E-state index in [1.165, 1.54) is 0 Å². The number of hydrogen-bond donors (Lipinski definition) is 2. The largest absolute Gasteiger partial charge is 0.394 e. The van der Waals surface area contributed by atoms with Crippen LogP contribution >= 0.6 is 0 Å². The van der Waals surface area contributed by atoms with E-state index in [1.54, 1.807) is 0 Å². The Kier molecular flexibility index (Phi) is 3.06. The van der Waals surface area contributed by atoms with Crippen LogP contribution in [0.3, 0.4) is 0 Å². The third-order valence-corrected chi connectivity index (χ3v) is 2.57. The molecule has 0 bridgehead atoms. The van der Waals surface area contributed by atoms with Crippen molar-refractivity contribution in [2.45, 2.75) is 19.9 Å². The number of aryl methyl sites for hydroxylation is 1. The van der Waals surface area contributed by atoms with Crippen molar-refractivity contribution in [1.82, 2.24) is 4.98 Å². The molecule has 1 heterocycles. The van der Waals surface area contributed by atoms with E-state index in [0.29, 0.717) is 0 Å². The third-order valence-electron chi connectivity index (χ3n) is 2.57. The number of hydrogen-bond acceptors (Lipinski definition) is 3. The molecule has 0 spiro atoms. The maximum Gasteiger partial charge on any atom is 0.129 e. The Morgan fingerprint density at radius 2 is 2.12 bits per heavy atom. The minimum atomic E-state index is 0.0207. The fourth-order valence-electron chi connectivity index (χ4n) is 1.65. The first-order valence-corrected chi connectivity index (χ1v) is 5.44. The molecule has 1 atom stereocenters. The molecule has 0 fully saturated rings. The molecule has 0 saturated carbocycles. The second-order valence-corrected chi connectivity index (χ2v) is 4.07. The zero-order valence-electron chi connectivity index (χ0n) is 9.57. The molecular weight excluding hydrogens is 200 g/mol. The number of aliphatic hydroxyl groups excluding tert-OH is 1. The second-order valence-electron chi connectivity index (χ2n) is 4.07. The average Bonchev–Trinajstić information content (AvgIpc) is 2.30. The number of rotatable bonds is 3. The Hall–Kier alpha value is -1.61. The van der Waals surface area contributed by atoms with Gasteiger partial charge in [0.05, 0.1) is 12.1 Å². The Morgan fingerprint density at radius 3 is 2.88 bits per heavy atom. The highest BCUT2D eigenvalue weighted by atomic mass is 16.3. The molecule has 2 rings (SSSR count). The number of benzene rings is 1. The first kappa shape index (κ1) is 10.9. The first-order valence-electron chi connectivity index (χ1n) is 5.44. The topological polar surface area (TPSA) is 45.2 Å². The van der Waals surface area contributed by atoms with Gasteiger partial charge in [0.25, 0.3) is 0 Å². The van der Waals surface area contributed by atoms with Crippen molar-refractivity contribution < 1.29 is 5.11 Å². The van der Waals surface area contributed by atoms with E-state index in [2.05, 4.69) is 22.4 Å². The number of nitrogens with zero attached hydrogens (tertiary/aromatic N) is 1. The van der Waals surface area contributed by atoms with Crippen molar-refractivity contribution in [1.29, 1.82) is 0 Å². The van der Waals surface area contributed by atoms with E-state index >= 15 is 0 Å². The van der Waals surface area contributed by atoms with Crippen molar-refractivity contribution in [3.8, 4) is 0 Å². The van der Waals surface area contributed by atoms with Gasteiger partial charge < -0.3 is 10.4 Å². The summed E-state index contributed by atoms with van der Waals surface area (Å²) in [5.41, 5.74) is 2.07. The van der Waals surface area contributed by atoms with E-state index in [0.717, 1.165) is 22.3 Å². The summed E-state index contributed by atoms with van der Waals surface area (Å²) >= 11 is 0. The van der Waals surface area contributed by atoms with Crippen molar-refractivity contribution in [3.05, 3.63) is 35.9 Å². The molecule has 2 N–H and O–H groups in total. The van der Waals surface area contributed by atoms with Gasteiger partial charge in [0, 0.05) is 11.4 Å². The third kappa shape index (κ3) is 2.14. The van der Waals surface area contributed by atoms with E-state index in [4.69, 9.17) is 5.11 Å². The molecule has 0 radical (unpaired) electrons. The van der Waals surface area contributed by atoms with Gasteiger partial charge in [-0.3, -0.25) is 0 Å². The molecule has 3 heteroatoms. The Balaban J connectivity index is 2.42. The summed E-state index contributed by atoms with van der Waals surface area (Å²) < 4.78 is 0. The zero-order chi connectivity index (χ0) is 11.5. The fourth-order valence-corrected chi connectivity index (χ4v) is 1.65. The number of para-hydroxylation sites is 1. The summed E-state index contributed by atoms with van der Waals surface area (Å²) in [5, 5.41) is 13.3. The highest BCUT2D eigenvalue weighted by Crippen LogP contribution is 2.19. The molecule has 0 saturated heterocycles. The van der Waals surface area contributed by atoms with Crippen LogP contribution in [0.15, 0.2) is 30.3 Å². The lowest BCUT2D eigenvalue weighted by Gasteiger charge is -2.14. The Bertz CT molecular complexity index is 496. The molecule has 0 aliphatic rings.